The molecule has 3 heterocycles. The number of imidazole rings is 1. The maximum absolute atomic E-state index is 6.42. The van der Waals surface area contributed by atoms with E-state index in [1.807, 2.05) is 48.5 Å². The number of pyridine rings is 2. The Bertz CT molecular complexity index is 1680. The van der Waals surface area contributed by atoms with Gasteiger partial charge in [-0.1, -0.05) is 55.5 Å². The van der Waals surface area contributed by atoms with Crippen molar-refractivity contribution in [1.82, 2.24) is 14.4 Å². The SMILES string of the molecule is CCC(C)N(c1cccc(-c2nc3ccccc3c3nc4ccccn4c23)c1)c1ccccc1N. The number of para-hydroxylation sites is 3. The monoisotopic (exact) mass is 457 g/mol. The van der Waals surface area contributed by atoms with Crippen molar-refractivity contribution in [2.75, 3.05) is 10.6 Å². The number of nitrogen functional groups attached to an aromatic ring is 1. The highest BCUT2D eigenvalue weighted by atomic mass is 15.2. The first-order valence-corrected chi connectivity index (χ1v) is 12.1. The number of fused-ring (bicyclic) bond motifs is 5. The van der Waals surface area contributed by atoms with E-state index in [0.717, 1.165) is 62.3 Å². The van der Waals surface area contributed by atoms with Crippen molar-refractivity contribution in [2.45, 2.75) is 26.3 Å². The van der Waals surface area contributed by atoms with Gasteiger partial charge in [-0.05, 0) is 55.8 Å². The fourth-order valence-electron chi connectivity index (χ4n) is 4.88. The van der Waals surface area contributed by atoms with Crippen molar-refractivity contribution in [2.24, 2.45) is 0 Å². The highest BCUT2D eigenvalue weighted by molar-refractivity contribution is 6.09. The molecule has 2 N–H and O–H groups in total. The lowest BCUT2D eigenvalue weighted by molar-refractivity contribution is 0.689. The molecule has 172 valence electrons. The van der Waals surface area contributed by atoms with E-state index < -0.39 is 0 Å². The minimum absolute atomic E-state index is 0.273. The van der Waals surface area contributed by atoms with Crippen LogP contribution in [0.15, 0.2) is 97.2 Å². The molecule has 1 atom stereocenters. The van der Waals surface area contributed by atoms with Crippen LogP contribution in [0.2, 0.25) is 0 Å². The Morgan fingerprint density at radius 1 is 0.886 bits per heavy atom. The second kappa shape index (κ2) is 8.44. The van der Waals surface area contributed by atoms with Gasteiger partial charge >= 0.3 is 0 Å². The van der Waals surface area contributed by atoms with Crippen LogP contribution in [0.1, 0.15) is 20.3 Å². The molecule has 5 nitrogen and oxygen atoms in total. The van der Waals surface area contributed by atoms with Crippen molar-refractivity contribution in [3.05, 3.63) is 97.2 Å². The number of anilines is 3. The average Bonchev–Trinajstić information content (AvgIpc) is 3.29. The molecule has 5 heteroatoms. The van der Waals surface area contributed by atoms with E-state index in [4.69, 9.17) is 15.7 Å². The molecule has 0 aliphatic carbocycles. The molecule has 0 aliphatic rings. The third kappa shape index (κ3) is 3.48. The number of hydrogen-bond donors (Lipinski definition) is 1. The van der Waals surface area contributed by atoms with Crippen molar-refractivity contribution in [3.8, 4) is 11.3 Å². The van der Waals surface area contributed by atoms with Gasteiger partial charge in [0.05, 0.1) is 28.1 Å². The van der Waals surface area contributed by atoms with E-state index >= 15 is 0 Å². The molecular formula is C30H27N5. The Morgan fingerprint density at radius 3 is 2.54 bits per heavy atom. The summed E-state index contributed by atoms with van der Waals surface area (Å²) >= 11 is 0. The Hall–Kier alpha value is -4.38. The lowest BCUT2D eigenvalue weighted by Crippen LogP contribution is -2.28. The molecule has 0 spiro atoms. The van der Waals surface area contributed by atoms with E-state index in [2.05, 4.69) is 71.8 Å². The largest absolute Gasteiger partial charge is 0.397 e. The minimum Gasteiger partial charge on any atom is -0.397 e. The molecule has 0 saturated carbocycles. The first-order chi connectivity index (χ1) is 17.2. The molecule has 0 amide bonds. The third-order valence-electron chi connectivity index (χ3n) is 6.77. The van der Waals surface area contributed by atoms with Gasteiger partial charge < -0.3 is 10.6 Å². The predicted octanol–water partition coefficient (Wildman–Crippen LogP) is 7.22. The maximum atomic E-state index is 6.42. The summed E-state index contributed by atoms with van der Waals surface area (Å²) in [7, 11) is 0. The molecule has 0 bridgehead atoms. The van der Waals surface area contributed by atoms with Crippen LogP contribution in [-0.4, -0.2) is 20.4 Å². The van der Waals surface area contributed by atoms with Crippen LogP contribution in [0.4, 0.5) is 17.1 Å². The third-order valence-corrected chi connectivity index (χ3v) is 6.77. The van der Waals surface area contributed by atoms with Gasteiger partial charge in [-0.25, -0.2) is 9.97 Å². The van der Waals surface area contributed by atoms with Crippen LogP contribution in [-0.2, 0) is 0 Å². The van der Waals surface area contributed by atoms with Crippen molar-refractivity contribution >= 4 is 44.6 Å². The zero-order valence-corrected chi connectivity index (χ0v) is 19.9. The summed E-state index contributed by atoms with van der Waals surface area (Å²) in [5, 5.41) is 1.06. The molecule has 3 aromatic heterocycles. The molecule has 0 fully saturated rings. The average molecular weight is 458 g/mol. The van der Waals surface area contributed by atoms with E-state index in [1.54, 1.807) is 0 Å². The number of hydrogen-bond acceptors (Lipinski definition) is 4. The van der Waals surface area contributed by atoms with E-state index in [9.17, 15) is 0 Å². The summed E-state index contributed by atoms with van der Waals surface area (Å²) in [5.41, 5.74) is 15.1. The van der Waals surface area contributed by atoms with E-state index in [0.29, 0.717) is 0 Å². The van der Waals surface area contributed by atoms with Gasteiger partial charge in [-0.3, -0.25) is 4.40 Å². The van der Waals surface area contributed by atoms with Crippen LogP contribution in [0.5, 0.6) is 0 Å². The second-order valence-corrected chi connectivity index (χ2v) is 8.95. The number of benzene rings is 3. The van der Waals surface area contributed by atoms with Gasteiger partial charge in [0.15, 0.2) is 0 Å². The van der Waals surface area contributed by atoms with Crippen LogP contribution in [0.25, 0.3) is 38.8 Å². The number of nitrogens with two attached hydrogens (primary N) is 1. The normalized spacial score (nSPS) is 12.4. The fraction of sp³-hybridized carbons (Fsp3) is 0.133. The number of aromatic nitrogens is 3. The standard InChI is InChI=1S/C30H27N5/c1-3-20(2)35(26-16-7-5-14-24(26)31)22-12-10-11-21(19-22)28-30-29(23-13-4-6-15-25(23)32-28)33-27-17-8-9-18-34(27)30/h4-20H,3,31H2,1-2H3. The van der Waals surface area contributed by atoms with Crippen molar-refractivity contribution in [3.63, 3.8) is 0 Å². The summed E-state index contributed by atoms with van der Waals surface area (Å²) in [5.74, 6) is 0. The van der Waals surface area contributed by atoms with Crippen LogP contribution < -0.4 is 10.6 Å². The molecule has 3 aromatic carbocycles. The van der Waals surface area contributed by atoms with Crippen LogP contribution in [0, 0.1) is 0 Å². The van der Waals surface area contributed by atoms with Gasteiger partial charge in [-0.15, -0.1) is 0 Å². The molecule has 0 radical (unpaired) electrons. The Kier molecular flexibility index (Phi) is 5.10. The topological polar surface area (TPSA) is 59.5 Å². The molecule has 1 unspecified atom stereocenters. The lowest BCUT2D eigenvalue weighted by atomic mass is 10.0. The number of nitrogens with zero attached hydrogens (tertiary/aromatic N) is 4. The smallest absolute Gasteiger partial charge is 0.137 e. The van der Waals surface area contributed by atoms with Crippen molar-refractivity contribution < 1.29 is 0 Å². The Morgan fingerprint density at radius 2 is 1.69 bits per heavy atom. The van der Waals surface area contributed by atoms with Gasteiger partial charge in [0.1, 0.15) is 11.2 Å². The Balaban J connectivity index is 1.62. The zero-order valence-electron chi connectivity index (χ0n) is 19.9. The first kappa shape index (κ1) is 21.2. The highest BCUT2D eigenvalue weighted by Crippen LogP contribution is 2.37. The quantitative estimate of drug-likeness (QED) is 0.278. The summed E-state index contributed by atoms with van der Waals surface area (Å²) in [4.78, 5) is 12.5. The van der Waals surface area contributed by atoms with Gasteiger partial charge in [-0.2, -0.15) is 0 Å². The van der Waals surface area contributed by atoms with Gasteiger partial charge in [0.25, 0.3) is 0 Å². The fourth-order valence-corrected chi connectivity index (χ4v) is 4.88. The van der Waals surface area contributed by atoms with Gasteiger partial charge in [0, 0.05) is 28.9 Å². The van der Waals surface area contributed by atoms with Gasteiger partial charge in [0.2, 0.25) is 0 Å². The summed E-state index contributed by atoms with van der Waals surface area (Å²) < 4.78 is 2.14. The summed E-state index contributed by atoms with van der Waals surface area (Å²) in [6.07, 6.45) is 3.05. The summed E-state index contributed by atoms with van der Waals surface area (Å²) in [6.45, 7) is 4.43. The van der Waals surface area contributed by atoms with E-state index in [1.165, 1.54) is 0 Å². The van der Waals surface area contributed by atoms with E-state index in [-0.39, 0.29) is 6.04 Å². The molecule has 6 rings (SSSR count). The van der Waals surface area contributed by atoms with Crippen LogP contribution in [0.3, 0.4) is 0 Å². The summed E-state index contributed by atoms with van der Waals surface area (Å²) in [6, 6.07) is 31.3. The molecular weight excluding hydrogens is 430 g/mol. The van der Waals surface area contributed by atoms with Crippen molar-refractivity contribution in [1.29, 1.82) is 0 Å². The Labute approximate surface area is 204 Å². The molecule has 6 aromatic rings. The van der Waals surface area contributed by atoms with Crippen LogP contribution >= 0.6 is 0 Å². The minimum atomic E-state index is 0.273. The first-order valence-electron chi connectivity index (χ1n) is 12.1. The number of rotatable bonds is 5. The predicted molar refractivity (Wildman–Crippen MR) is 146 cm³/mol. The molecule has 0 saturated heterocycles. The zero-order chi connectivity index (χ0) is 23.9. The second-order valence-electron chi connectivity index (χ2n) is 8.95. The molecule has 0 aliphatic heterocycles. The molecule has 35 heavy (non-hydrogen) atoms. The lowest BCUT2D eigenvalue weighted by Gasteiger charge is -2.32. The maximum Gasteiger partial charge on any atom is 0.137 e. The highest BCUT2D eigenvalue weighted by Gasteiger charge is 2.20.